The molecule has 0 bridgehead atoms. The van der Waals surface area contributed by atoms with Gasteiger partial charge in [-0.15, -0.1) is 0 Å². The largest absolute Gasteiger partial charge is 0.372 e. The van der Waals surface area contributed by atoms with Crippen LogP contribution in [0.3, 0.4) is 0 Å². The summed E-state index contributed by atoms with van der Waals surface area (Å²) in [6.07, 6.45) is 5.64. The molecule has 19 heavy (non-hydrogen) atoms. The van der Waals surface area contributed by atoms with E-state index in [-0.39, 0.29) is 10.9 Å². The van der Waals surface area contributed by atoms with Crippen LogP contribution < -0.4 is 5.32 Å². The van der Waals surface area contributed by atoms with E-state index >= 15 is 0 Å². The normalized spacial score (nSPS) is 21.9. The molecule has 106 valence electrons. The minimum atomic E-state index is -3.47. The molecule has 6 heteroatoms. The van der Waals surface area contributed by atoms with Gasteiger partial charge in [0.25, 0.3) is 0 Å². The Bertz CT molecular complexity index is 530. The molecule has 1 saturated heterocycles. The molecule has 1 aliphatic heterocycles. The van der Waals surface area contributed by atoms with Gasteiger partial charge in [0.2, 0.25) is 10.0 Å². The highest BCUT2D eigenvalue weighted by Crippen LogP contribution is 2.27. The first-order valence-electron chi connectivity index (χ1n) is 6.72. The molecule has 2 heterocycles. The molecule has 1 aromatic rings. The van der Waals surface area contributed by atoms with E-state index in [1.807, 2.05) is 6.92 Å². The number of nitrogens with one attached hydrogen (secondary N) is 1. The van der Waals surface area contributed by atoms with Crippen LogP contribution in [0.5, 0.6) is 0 Å². The maximum absolute atomic E-state index is 12.8. The van der Waals surface area contributed by atoms with Crippen LogP contribution in [0.2, 0.25) is 0 Å². The maximum Gasteiger partial charge on any atom is 0.246 e. The first kappa shape index (κ1) is 14.3. The Balaban J connectivity index is 2.40. The Kier molecular flexibility index (Phi) is 4.42. The summed E-state index contributed by atoms with van der Waals surface area (Å²) in [7, 11) is -1.78. The van der Waals surface area contributed by atoms with Crippen LogP contribution in [0, 0.1) is 0 Å². The maximum atomic E-state index is 12.8. The molecule has 5 nitrogen and oxygen atoms in total. The van der Waals surface area contributed by atoms with Gasteiger partial charge in [0.1, 0.15) is 10.7 Å². The third kappa shape index (κ3) is 2.90. The zero-order valence-corrected chi connectivity index (χ0v) is 12.3. The first-order chi connectivity index (χ1) is 9.07. The van der Waals surface area contributed by atoms with E-state index in [9.17, 15) is 8.42 Å². The molecule has 0 aromatic carbocycles. The Morgan fingerprint density at radius 2 is 2.16 bits per heavy atom. The minimum absolute atomic E-state index is 0.0532. The number of hydrogen-bond acceptors (Lipinski definition) is 4. The number of anilines is 1. The van der Waals surface area contributed by atoms with Crippen molar-refractivity contribution in [2.75, 3.05) is 18.9 Å². The summed E-state index contributed by atoms with van der Waals surface area (Å²) < 4.78 is 27.2. The molecule has 1 aliphatic rings. The van der Waals surface area contributed by atoms with Crippen LogP contribution in [0.25, 0.3) is 0 Å². The molecule has 1 N–H and O–H groups in total. The molecule has 0 amide bonds. The summed E-state index contributed by atoms with van der Waals surface area (Å²) in [5, 5.41) is 2.85. The number of sulfonamides is 1. The lowest BCUT2D eigenvalue weighted by Crippen LogP contribution is -2.38. The fraction of sp³-hybridized carbons (Fsp3) is 0.615. The van der Waals surface area contributed by atoms with Gasteiger partial charge in [-0.1, -0.05) is 12.8 Å². The standard InChI is InChI=1S/C13H21N3O2S/c1-11-7-4-3-5-10-16(11)19(17,18)12-8-6-9-15-13(12)14-2/h6,8-9,11H,3-5,7,10H2,1-2H3,(H,14,15). The summed E-state index contributed by atoms with van der Waals surface area (Å²) in [5.74, 6) is 0.416. The van der Waals surface area contributed by atoms with Crippen LogP contribution in [0.15, 0.2) is 23.2 Å². The van der Waals surface area contributed by atoms with Gasteiger partial charge in [0.05, 0.1) is 0 Å². The van der Waals surface area contributed by atoms with Gasteiger partial charge < -0.3 is 5.32 Å². The molecule has 2 rings (SSSR count). The number of aromatic nitrogens is 1. The van der Waals surface area contributed by atoms with Crippen molar-refractivity contribution in [1.82, 2.24) is 9.29 Å². The van der Waals surface area contributed by atoms with E-state index in [0.717, 1.165) is 25.7 Å². The van der Waals surface area contributed by atoms with Crippen LogP contribution in [-0.2, 0) is 10.0 Å². The van der Waals surface area contributed by atoms with E-state index in [1.165, 1.54) is 0 Å². The zero-order valence-electron chi connectivity index (χ0n) is 11.5. The Labute approximate surface area is 115 Å². The lowest BCUT2D eigenvalue weighted by molar-refractivity contribution is 0.342. The SMILES string of the molecule is CNc1ncccc1S(=O)(=O)N1CCCCCC1C. The van der Waals surface area contributed by atoms with Crippen LogP contribution >= 0.6 is 0 Å². The monoisotopic (exact) mass is 283 g/mol. The number of pyridine rings is 1. The van der Waals surface area contributed by atoms with Crippen LogP contribution in [0.4, 0.5) is 5.82 Å². The second-order valence-corrected chi connectivity index (χ2v) is 6.77. The first-order valence-corrected chi connectivity index (χ1v) is 8.16. The fourth-order valence-corrected chi connectivity index (χ4v) is 4.37. The van der Waals surface area contributed by atoms with Gasteiger partial charge in [-0.25, -0.2) is 13.4 Å². The summed E-state index contributed by atoms with van der Waals surface area (Å²) in [6.45, 7) is 2.58. The highest BCUT2D eigenvalue weighted by atomic mass is 32.2. The fourth-order valence-electron chi connectivity index (χ4n) is 2.52. The molecule has 0 radical (unpaired) electrons. The molecular formula is C13H21N3O2S. The molecule has 1 unspecified atom stereocenters. The highest BCUT2D eigenvalue weighted by Gasteiger charge is 2.31. The average Bonchev–Trinajstić information content (AvgIpc) is 2.63. The predicted molar refractivity (Wildman–Crippen MR) is 75.6 cm³/mol. The molecule has 0 spiro atoms. The van der Waals surface area contributed by atoms with Crippen molar-refractivity contribution in [3.8, 4) is 0 Å². The third-order valence-electron chi connectivity index (χ3n) is 3.59. The molecule has 0 saturated carbocycles. The van der Waals surface area contributed by atoms with Crippen molar-refractivity contribution in [2.45, 2.75) is 43.5 Å². The molecule has 1 fully saturated rings. The van der Waals surface area contributed by atoms with E-state index in [1.54, 1.807) is 29.7 Å². The molecule has 1 atom stereocenters. The molecular weight excluding hydrogens is 262 g/mol. The van der Waals surface area contributed by atoms with Gasteiger partial charge >= 0.3 is 0 Å². The highest BCUT2D eigenvalue weighted by molar-refractivity contribution is 7.89. The van der Waals surface area contributed by atoms with E-state index in [4.69, 9.17) is 0 Å². The second kappa shape index (κ2) is 5.88. The topological polar surface area (TPSA) is 62.3 Å². The molecule has 0 aliphatic carbocycles. The lowest BCUT2D eigenvalue weighted by atomic mass is 10.1. The van der Waals surface area contributed by atoms with Crippen molar-refractivity contribution in [2.24, 2.45) is 0 Å². The van der Waals surface area contributed by atoms with Crippen molar-refractivity contribution in [1.29, 1.82) is 0 Å². The summed E-state index contributed by atoms with van der Waals surface area (Å²) >= 11 is 0. The molecule has 1 aromatic heterocycles. The third-order valence-corrected chi connectivity index (χ3v) is 5.63. The zero-order chi connectivity index (χ0) is 13.9. The van der Waals surface area contributed by atoms with Crippen molar-refractivity contribution < 1.29 is 8.42 Å². The number of rotatable bonds is 3. The Hall–Kier alpha value is -1.14. The summed E-state index contributed by atoms with van der Waals surface area (Å²) in [4.78, 5) is 4.36. The Morgan fingerprint density at radius 1 is 1.37 bits per heavy atom. The van der Waals surface area contributed by atoms with Crippen LogP contribution in [-0.4, -0.2) is 37.3 Å². The van der Waals surface area contributed by atoms with E-state index in [0.29, 0.717) is 12.4 Å². The number of nitrogens with zero attached hydrogens (tertiary/aromatic N) is 2. The van der Waals surface area contributed by atoms with E-state index < -0.39 is 10.0 Å². The summed E-state index contributed by atoms with van der Waals surface area (Å²) in [5.41, 5.74) is 0. The second-order valence-electron chi connectivity index (χ2n) is 4.91. The lowest BCUT2D eigenvalue weighted by Gasteiger charge is -2.26. The number of hydrogen-bond donors (Lipinski definition) is 1. The van der Waals surface area contributed by atoms with Crippen molar-refractivity contribution in [3.05, 3.63) is 18.3 Å². The van der Waals surface area contributed by atoms with Gasteiger partial charge in [-0.2, -0.15) is 4.31 Å². The van der Waals surface area contributed by atoms with Crippen molar-refractivity contribution >= 4 is 15.8 Å². The average molecular weight is 283 g/mol. The van der Waals surface area contributed by atoms with Gasteiger partial charge in [-0.3, -0.25) is 0 Å². The van der Waals surface area contributed by atoms with Gasteiger partial charge in [-0.05, 0) is 31.9 Å². The van der Waals surface area contributed by atoms with Crippen molar-refractivity contribution in [3.63, 3.8) is 0 Å². The van der Waals surface area contributed by atoms with Gasteiger partial charge in [0, 0.05) is 25.8 Å². The van der Waals surface area contributed by atoms with E-state index in [2.05, 4.69) is 10.3 Å². The minimum Gasteiger partial charge on any atom is -0.372 e. The quantitative estimate of drug-likeness (QED) is 0.922. The summed E-state index contributed by atoms with van der Waals surface area (Å²) in [6, 6.07) is 3.33. The van der Waals surface area contributed by atoms with Gasteiger partial charge in [0.15, 0.2) is 0 Å². The predicted octanol–water partition coefficient (Wildman–Crippen LogP) is 2.08. The smallest absolute Gasteiger partial charge is 0.246 e. The Morgan fingerprint density at radius 3 is 2.89 bits per heavy atom. The van der Waals surface area contributed by atoms with Crippen LogP contribution in [0.1, 0.15) is 32.6 Å².